The van der Waals surface area contributed by atoms with E-state index in [1.54, 1.807) is 23.2 Å². The summed E-state index contributed by atoms with van der Waals surface area (Å²) in [6.07, 6.45) is 3.25. The fourth-order valence-corrected chi connectivity index (χ4v) is 2.34. The van der Waals surface area contributed by atoms with Crippen molar-refractivity contribution in [3.05, 3.63) is 29.6 Å². The van der Waals surface area contributed by atoms with E-state index < -0.39 is 5.60 Å². The molecule has 0 saturated carbocycles. The van der Waals surface area contributed by atoms with E-state index in [4.69, 9.17) is 5.73 Å². The highest BCUT2D eigenvalue weighted by atomic mass is 16.3. The Balaban J connectivity index is 2.01. The lowest BCUT2D eigenvalue weighted by Crippen LogP contribution is -2.63. The van der Waals surface area contributed by atoms with Gasteiger partial charge in [-0.2, -0.15) is 0 Å². The fourth-order valence-electron chi connectivity index (χ4n) is 2.34. The summed E-state index contributed by atoms with van der Waals surface area (Å²) in [6.45, 7) is 3.18. The Labute approximate surface area is 107 Å². The molecule has 0 atom stereocenters. The van der Waals surface area contributed by atoms with Crippen LogP contribution in [0, 0.1) is 0 Å². The molecule has 1 fully saturated rings. The van der Waals surface area contributed by atoms with Crippen molar-refractivity contribution in [2.45, 2.75) is 31.9 Å². The highest BCUT2D eigenvalue weighted by Gasteiger charge is 2.42. The Morgan fingerprint density at radius 3 is 2.94 bits per heavy atom. The Morgan fingerprint density at radius 2 is 2.33 bits per heavy atom. The number of hydrogen-bond acceptors (Lipinski definition) is 4. The first-order chi connectivity index (χ1) is 8.58. The van der Waals surface area contributed by atoms with E-state index in [0.29, 0.717) is 30.9 Å². The van der Waals surface area contributed by atoms with Gasteiger partial charge in [-0.15, -0.1) is 0 Å². The molecule has 2 heterocycles. The average Bonchev–Trinajstić information content (AvgIpc) is 2.35. The quantitative estimate of drug-likeness (QED) is 0.815. The van der Waals surface area contributed by atoms with Crippen LogP contribution in [0.1, 0.15) is 35.8 Å². The monoisotopic (exact) mass is 249 g/mol. The molecule has 1 saturated heterocycles. The van der Waals surface area contributed by atoms with Crippen LogP contribution in [-0.2, 0) is 6.54 Å². The summed E-state index contributed by atoms with van der Waals surface area (Å²) in [6, 6.07) is 3.39. The zero-order valence-electron chi connectivity index (χ0n) is 10.6. The van der Waals surface area contributed by atoms with E-state index in [2.05, 4.69) is 4.98 Å². The smallest absolute Gasteiger partial charge is 0.254 e. The van der Waals surface area contributed by atoms with Gasteiger partial charge in [0, 0.05) is 18.3 Å². The first-order valence-electron chi connectivity index (χ1n) is 6.24. The Kier molecular flexibility index (Phi) is 3.63. The van der Waals surface area contributed by atoms with Gasteiger partial charge in [-0.25, -0.2) is 0 Å². The molecule has 0 radical (unpaired) electrons. The summed E-state index contributed by atoms with van der Waals surface area (Å²) in [7, 11) is 0. The maximum atomic E-state index is 12.1. The maximum absolute atomic E-state index is 12.1. The second-order valence-corrected chi connectivity index (χ2v) is 4.88. The third-order valence-electron chi connectivity index (χ3n) is 3.25. The standard InChI is InChI=1S/C13H19N3O2/c1-2-4-13(18)8-16(9-13)12(17)10-3-5-15-11(6-10)7-14/h3,5-6,18H,2,4,7-9,14H2,1H3. The van der Waals surface area contributed by atoms with Crippen LogP contribution in [0.25, 0.3) is 0 Å². The Bertz CT molecular complexity index is 442. The van der Waals surface area contributed by atoms with Crippen LogP contribution in [0.15, 0.2) is 18.3 Å². The minimum Gasteiger partial charge on any atom is -0.386 e. The molecule has 0 unspecified atom stereocenters. The summed E-state index contributed by atoms with van der Waals surface area (Å²) in [4.78, 5) is 17.8. The summed E-state index contributed by atoms with van der Waals surface area (Å²) in [5, 5.41) is 10.1. The number of pyridine rings is 1. The van der Waals surface area contributed by atoms with Gasteiger partial charge in [-0.1, -0.05) is 13.3 Å². The number of carbonyl (C=O) groups is 1. The van der Waals surface area contributed by atoms with Crippen molar-refractivity contribution in [1.29, 1.82) is 0 Å². The highest BCUT2D eigenvalue weighted by Crippen LogP contribution is 2.27. The predicted octanol–water partition coefficient (Wildman–Crippen LogP) is 0.527. The normalized spacial score (nSPS) is 17.4. The van der Waals surface area contributed by atoms with Crippen LogP contribution in [0.3, 0.4) is 0 Å². The van der Waals surface area contributed by atoms with E-state index in [-0.39, 0.29) is 5.91 Å². The van der Waals surface area contributed by atoms with Gasteiger partial charge in [0.25, 0.3) is 5.91 Å². The molecule has 1 aromatic heterocycles. The SMILES string of the molecule is CCCC1(O)CN(C(=O)c2ccnc(CN)c2)C1. The van der Waals surface area contributed by atoms with Crippen LogP contribution >= 0.6 is 0 Å². The second-order valence-electron chi connectivity index (χ2n) is 4.88. The molecule has 0 bridgehead atoms. The third kappa shape index (κ3) is 2.52. The van der Waals surface area contributed by atoms with Gasteiger partial charge in [0.05, 0.1) is 24.4 Å². The van der Waals surface area contributed by atoms with Crippen molar-refractivity contribution in [3.63, 3.8) is 0 Å². The Hall–Kier alpha value is -1.46. The minimum absolute atomic E-state index is 0.0621. The molecule has 0 aromatic carbocycles. The molecule has 1 aliphatic heterocycles. The number of nitrogens with zero attached hydrogens (tertiary/aromatic N) is 2. The van der Waals surface area contributed by atoms with Crippen LogP contribution in [0.2, 0.25) is 0 Å². The number of hydrogen-bond donors (Lipinski definition) is 2. The van der Waals surface area contributed by atoms with E-state index in [1.807, 2.05) is 6.92 Å². The summed E-state index contributed by atoms with van der Waals surface area (Å²) in [5.41, 5.74) is 6.10. The van der Waals surface area contributed by atoms with Gasteiger partial charge in [-0.3, -0.25) is 9.78 Å². The third-order valence-corrected chi connectivity index (χ3v) is 3.25. The first-order valence-corrected chi connectivity index (χ1v) is 6.24. The van der Waals surface area contributed by atoms with Gasteiger partial charge in [-0.05, 0) is 18.6 Å². The van der Waals surface area contributed by atoms with Crippen molar-refractivity contribution < 1.29 is 9.90 Å². The van der Waals surface area contributed by atoms with Crippen LogP contribution < -0.4 is 5.73 Å². The first kappa shape index (κ1) is 13.0. The molecule has 0 spiro atoms. The van der Waals surface area contributed by atoms with Crippen molar-refractivity contribution in [2.75, 3.05) is 13.1 Å². The summed E-state index contributed by atoms with van der Waals surface area (Å²) < 4.78 is 0. The molecule has 5 heteroatoms. The zero-order chi connectivity index (χ0) is 13.2. The zero-order valence-corrected chi connectivity index (χ0v) is 10.6. The van der Waals surface area contributed by atoms with Gasteiger partial charge in [0.1, 0.15) is 0 Å². The maximum Gasteiger partial charge on any atom is 0.254 e. The number of rotatable bonds is 4. The number of aromatic nitrogens is 1. The van der Waals surface area contributed by atoms with Gasteiger partial charge >= 0.3 is 0 Å². The van der Waals surface area contributed by atoms with Crippen LogP contribution in [0.4, 0.5) is 0 Å². The second kappa shape index (κ2) is 5.04. The van der Waals surface area contributed by atoms with Crippen molar-refractivity contribution in [3.8, 4) is 0 Å². The lowest BCUT2D eigenvalue weighted by molar-refractivity contribution is -0.0860. The van der Waals surface area contributed by atoms with Gasteiger partial charge < -0.3 is 15.7 Å². The number of likely N-dealkylation sites (tertiary alicyclic amines) is 1. The van der Waals surface area contributed by atoms with Crippen molar-refractivity contribution >= 4 is 5.91 Å². The number of β-amino-alcohol motifs (C(OH)–C–C–N with tert-alkyl or cyclic N) is 1. The number of nitrogens with two attached hydrogens (primary N) is 1. The Morgan fingerprint density at radius 1 is 1.61 bits per heavy atom. The molecule has 3 N–H and O–H groups in total. The average molecular weight is 249 g/mol. The largest absolute Gasteiger partial charge is 0.386 e. The molecule has 98 valence electrons. The lowest BCUT2D eigenvalue weighted by atomic mass is 9.89. The molecule has 1 aliphatic rings. The van der Waals surface area contributed by atoms with Crippen LogP contribution in [-0.4, -0.2) is 39.6 Å². The fraction of sp³-hybridized carbons (Fsp3) is 0.538. The number of carbonyl (C=O) groups excluding carboxylic acids is 1. The topological polar surface area (TPSA) is 79.5 Å². The van der Waals surface area contributed by atoms with E-state index in [0.717, 1.165) is 12.8 Å². The van der Waals surface area contributed by atoms with Gasteiger partial charge in [0.2, 0.25) is 0 Å². The van der Waals surface area contributed by atoms with Crippen molar-refractivity contribution in [2.24, 2.45) is 5.73 Å². The molecule has 0 aliphatic carbocycles. The summed E-state index contributed by atoms with van der Waals surface area (Å²) in [5.74, 6) is -0.0621. The van der Waals surface area contributed by atoms with Crippen molar-refractivity contribution in [1.82, 2.24) is 9.88 Å². The highest BCUT2D eigenvalue weighted by molar-refractivity contribution is 5.95. The molecule has 5 nitrogen and oxygen atoms in total. The molecular formula is C13H19N3O2. The number of amides is 1. The van der Waals surface area contributed by atoms with Crippen LogP contribution in [0.5, 0.6) is 0 Å². The van der Waals surface area contributed by atoms with E-state index >= 15 is 0 Å². The molecule has 1 aromatic rings. The molecule has 1 amide bonds. The van der Waals surface area contributed by atoms with E-state index in [1.165, 1.54) is 0 Å². The summed E-state index contributed by atoms with van der Waals surface area (Å²) >= 11 is 0. The predicted molar refractivity (Wildman–Crippen MR) is 67.9 cm³/mol. The molecule has 18 heavy (non-hydrogen) atoms. The van der Waals surface area contributed by atoms with Gasteiger partial charge in [0.15, 0.2) is 0 Å². The molecular weight excluding hydrogens is 230 g/mol. The lowest BCUT2D eigenvalue weighted by Gasteiger charge is -2.46. The number of aliphatic hydroxyl groups is 1. The minimum atomic E-state index is -0.686. The molecule has 2 rings (SSSR count). The van der Waals surface area contributed by atoms with E-state index in [9.17, 15) is 9.90 Å².